The summed E-state index contributed by atoms with van der Waals surface area (Å²) in [5.74, 6) is -0.175. The van der Waals surface area contributed by atoms with Crippen molar-refractivity contribution >= 4 is 20.0 Å². The van der Waals surface area contributed by atoms with Gasteiger partial charge in [0, 0.05) is 39.5 Å². The highest BCUT2D eigenvalue weighted by Crippen LogP contribution is 2.04. The van der Waals surface area contributed by atoms with E-state index in [4.69, 9.17) is 0 Å². The van der Waals surface area contributed by atoms with Gasteiger partial charge in [0.2, 0.25) is 0 Å². The molecular weight excluding hydrogens is 302 g/mol. The van der Waals surface area contributed by atoms with Gasteiger partial charge in [-0.25, -0.2) is 8.42 Å². The van der Waals surface area contributed by atoms with Crippen molar-refractivity contribution in [1.29, 1.82) is 0 Å². The fourth-order valence-electron chi connectivity index (χ4n) is 1.46. The summed E-state index contributed by atoms with van der Waals surface area (Å²) in [6.45, 7) is 5.16. The largest absolute Gasteiger partial charge is 0.314 e. The molecule has 20 heavy (non-hydrogen) atoms. The molecule has 0 saturated carbocycles. The fraction of sp³-hybridized carbons (Fsp3) is 1.00. The summed E-state index contributed by atoms with van der Waals surface area (Å²) in [6.07, 6.45) is 1.79. The molecule has 0 atom stereocenters. The lowest BCUT2D eigenvalue weighted by Gasteiger charge is -2.24. The second-order valence-corrected chi connectivity index (χ2v) is 9.65. The van der Waals surface area contributed by atoms with Crippen LogP contribution in [0.5, 0.6) is 0 Å². The summed E-state index contributed by atoms with van der Waals surface area (Å²) >= 11 is 0. The van der Waals surface area contributed by atoms with Crippen LogP contribution in [-0.2, 0) is 20.0 Å². The lowest BCUT2D eigenvalue weighted by Crippen LogP contribution is -2.42. The van der Waals surface area contributed by atoms with Crippen molar-refractivity contribution in [3.63, 3.8) is 0 Å². The number of nitrogens with zero attached hydrogens (tertiary/aromatic N) is 2. The summed E-state index contributed by atoms with van der Waals surface area (Å²) in [5.41, 5.74) is 0. The minimum Gasteiger partial charge on any atom is -0.314 e. The van der Waals surface area contributed by atoms with Crippen LogP contribution in [0, 0.1) is 0 Å². The van der Waals surface area contributed by atoms with Crippen molar-refractivity contribution < 1.29 is 16.8 Å². The average Bonchev–Trinajstić information content (AvgIpc) is 2.29. The predicted octanol–water partition coefficient (Wildman–Crippen LogP) is -0.472. The molecule has 0 fully saturated rings. The highest BCUT2D eigenvalue weighted by atomic mass is 32.2. The van der Waals surface area contributed by atoms with Gasteiger partial charge >= 0.3 is 0 Å². The molecule has 9 heteroatoms. The van der Waals surface area contributed by atoms with Crippen molar-refractivity contribution in [2.45, 2.75) is 26.3 Å². The average molecular weight is 329 g/mol. The maximum atomic E-state index is 12.1. The molecule has 0 aliphatic carbocycles. The Morgan fingerprint density at radius 2 is 1.50 bits per heavy atom. The molecule has 0 unspecified atom stereocenters. The molecule has 0 aliphatic rings. The summed E-state index contributed by atoms with van der Waals surface area (Å²) in [5, 5.41) is 3.21. The molecule has 0 bridgehead atoms. The van der Waals surface area contributed by atoms with Gasteiger partial charge in [-0.05, 0) is 13.0 Å². The van der Waals surface area contributed by atoms with E-state index in [1.165, 1.54) is 18.4 Å². The van der Waals surface area contributed by atoms with Crippen molar-refractivity contribution in [3.8, 4) is 0 Å². The van der Waals surface area contributed by atoms with E-state index in [2.05, 4.69) is 5.32 Å². The highest BCUT2D eigenvalue weighted by molar-refractivity contribution is 7.90. The van der Waals surface area contributed by atoms with Gasteiger partial charge in [0.1, 0.15) is 9.84 Å². The highest BCUT2D eigenvalue weighted by Gasteiger charge is 2.23. The lowest BCUT2D eigenvalue weighted by molar-refractivity contribution is 0.392. The number of nitrogens with one attached hydrogen (secondary N) is 1. The van der Waals surface area contributed by atoms with Gasteiger partial charge in [-0.15, -0.1) is 0 Å². The third-order valence-corrected chi connectivity index (χ3v) is 5.63. The molecule has 0 rings (SSSR count). The van der Waals surface area contributed by atoms with Crippen LogP contribution >= 0.6 is 0 Å². The zero-order valence-electron chi connectivity index (χ0n) is 13.0. The number of sulfone groups is 1. The smallest absolute Gasteiger partial charge is 0.281 e. The molecule has 7 nitrogen and oxygen atoms in total. The SMILES string of the molecule is CC(C)NCCCN(C)S(=O)(=O)N(C)CCS(C)(=O)=O. The molecule has 0 radical (unpaired) electrons. The van der Waals surface area contributed by atoms with Crippen LogP contribution in [-0.4, -0.2) is 77.2 Å². The quantitative estimate of drug-likeness (QED) is 0.548. The topological polar surface area (TPSA) is 86.8 Å². The minimum atomic E-state index is -3.59. The molecule has 1 N–H and O–H groups in total. The fourth-order valence-corrected chi connectivity index (χ4v) is 3.33. The molecule has 0 amide bonds. The second kappa shape index (κ2) is 8.28. The number of rotatable bonds is 10. The first-order valence-electron chi connectivity index (χ1n) is 6.55. The van der Waals surface area contributed by atoms with E-state index < -0.39 is 20.0 Å². The number of hydrogen-bond acceptors (Lipinski definition) is 5. The van der Waals surface area contributed by atoms with Crippen LogP contribution in [0.3, 0.4) is 0 Å². The summed E-state index contributed by atoms with van der Waals surface area (Å²) in [7, 11) is -3.86. The molecule has 122 valence electrons. The van der Waals surface area contributed by atoms with E-state index >= 15 is 0 Å². The molecule has 0 heterocycles. The van der Waals surface area contributed by atoms with Gasteiger partial charge in [-0.1, -0.05) is 13.8 Å². The Morgan fingerprint density at radius 3 is 1.95 bits per heavy atom. The van der Waals surface area contributed by atoms with Gasteiger partial charge in [0.25, 0.3) is 10.2 Å². The first-order valence-corrected chi connectivity index (χ1v) is 10.0. The van der Waals surface area contributed by atoms with Crippen LogP contribution in [0.4, 0.5) is 0 Å². The third kappa shape index (κ3) is 8.15. The maximum absolute atomic E-state index is 12.1. The monoisotopic (exact) mass is 329 g/mol. The Bertz CT molecular complexity index is 474. The molecule has 0 aromatic heterocycles. The van der Waals surface area contributed by atoms with Gasteiger partial charge in [0.15, 0.2) is 0 Å². The van der Waals surface area contributed by atoms with Crippen LogP contribution in [0.15, 0.2) is 0 Å². The Morgan fingerprint density at radius 1 is 1.00 bits per heavy atom. The predicted molar refractivity (Wildman–Crippen MR) is 81.6 cm³/mol. The van der Waals surface area contributed by atoms with Gasteiger partial charge in [-0.2, -0.15) is 17.0 Å². The zero-order valence-corrected chi connectivity index (χ0v) is 14.6. The summed E-state index contributed by atoms with van der Waals surface area (Å²) in [4.78, 5) is 0. The van der Waals surface area contributed by atoms with Crippen molar-refractivity contribution in [3.05, 3.63) is 0 Å². The second-order valence-electron chi connectivity index (χ2n) is 5.24. The van der Waals surface area contributed by atoms with E-state index in [0.29, 0.717) is 19.0 Å². The lowest BCUT2D eigenvalue weighted by atomic mass is 10.3. The Balaban J connectivity index is 4.32. The van der Waals surface area contributed by atoms with Crippen molar-refractivity contribution in [2.24, 2.45) is 0 Å². The van der Waals surface area contributed by atoms with Crippen molar-refractivity contribution in [2.75, 3.05) is 45.7 Å². The van der Waals surface area contributed by atoms with E-state index in [-0.39, 0.29) is 12.3 Å². The van der Waals surface area contributed by atoms with Crippen molar-refractivity contribution in [1.82, 2.24) is 13.9 Å². The van der Waals surface area contributed by atoms with E-state index in [0.717, 1.165) is 17.1 Å². The minimum absolute atomic E-state index is 0.0320. The Kier molecular flexibility index (Phi) is 8.19. The number of hydrogen-bond donors (Lipinski definition) is 1. The summed E-state index contributed by atoms with van der Waals surface area (Å²) < 4.78 is 48.7. The van der Waals surface area contributed by atoms with E-state index in [1.54, 1.807) is 0 Å². The van der Waals surface area contributed by atoms with Gasteiger partial charge in [-0.3, -0.25) is 0 Å². The first-order chi connectivity index (χ1) is 8.97. The maximum Gasteiger partial charge on any atom is 0.281 e. The molecular formula is C11H27N3O4S2. The van der Waals surface area contributed by atoms with Gasteiger partial charge in [0.05, 0.1) is 5.75 Å². The molecule has 0 aliphatic heterocycles. The van der Waals surface area contributed by atoms with Crippen LogP contribution in [0.1, 0.15) is 20.3 Å². The third-order valence-electron chi connectivity index (χ3n) is 2.77. The molecule has 0 aromatic rings. The summed E-state index contributed by atoms with van der Waals surface area (Å²) in [6, 6.07) is 0.370. The van der Waals surface area contributed by atoms with Crippen LogP contribution in [0.25, 0.3) is 0 Å². The van der Waals surface area contributed by atoms with Crippen LogP contribution in [0.2, 0.25) is 0 Å². The Labute approximate surface area is 123 Å². The van der Waals surface area contributed by atoms with E-state index in [1.807, 2.05) is 13.8 Å². The molecule has 0 saturated heterocycles. The van der Waals surface area contributed by atoms with Crippen LogP contribution < -0.4 is 5.32 Å². The van der Waals surface area contributed by atoms with Gasteiger partial charge < -0.3 is 5.32 Å². The molecule has 0 aromatic carbocycles. The molecule has 0 spiro atoms. The first kappa shape index (κ1) is 19.8. The normalized spacial score (nSPS) is 13.6. The Hall–Kier alpha value is -0.220. The standard InChI is InChI=1S/C11H27N3O4S2/c1-11(2)12-7-6-8-13(3)20(17,18)14(4)9-10-19(5,15)16/h11-12H,6-10H2,1-5H3. The van der Waals surface area contributed by atoms with E-state index in [9.17, 15) is 16.8 Å². The zero-order chi connectivity index (χ0) is 16.0.